The third kappa shape index (κ3) is 4.91. The van der Waals surface area contributed by atoms with E-state index in [1.807, 2.05) is 30.3 Å². The number of hydrogen-bond donors (Lipinski definition) is 1. The first-order valence-corrected chi connectivity index (χ1v) is 11.4. The molecule has 0 spiro atoms. The molecule has 1 heterocycles. The van der Waals surface area contributed by atoms with Gasteiger partial charge in [-0.2, -0.15) is 0 Å². The molecular formula is C20H24N2O3S2. The smallest absolute Gasteiger partial charge is 0.240 e. The molecule has 144 valence electrons. The zero-order valence-electron chi connectivity index (χ0n) is 15.5. The largest absolute Gasteiger partial charge is 0.310 e. The number of rotatable bonds is 6. The summed E-state index contributed by atoms with van der Waals surface area (Å²) in [6.07, 6.45) is 1.54. The van der Waals surface area contributed by atoms with Crippen LogP contribution < -0.4 is 9.62 Å². The van der Waals surface area contributed by atoms with E-state index in [4.69, 9.17) is 0 Å². The molecule has 0 aliphatic carbocycles. The minimum Gasteiger partial charge on any atom is -0.310 e. The molecule has 1 aliphatic rings. The number of hydrogen-bond acceptors (Lipinski definition) is 4. The summed E-state index contributed by atoms with van der Waals surface area (Å²) in [6, 6.07) is 15.0. The quantitative estimate of drug-likeness (QED) is 0.749. The Labute approximate surface area is 165 Å². The molecule has 1 aliphatic heterocycles. The number of nitrogens with one attached hydrogen (secondary N) is 1. The molecule has 2 aromatic carbocycles. The van der Waals surface area contributed by atoms with Gasteiger partial charge in [0.2, 0.25) is 15.9 Å². The van der Waals surface area contributed by atoms with E-state index < -0.39 is 10.0 Å². The Hall–Kier alpha value is -1.83. The lowest BCUT2D eigenvalue weighted by molar-refractivity contribution is -0.116. The Balaban J connectivity index is 1.69. The van der Waals surface area contributed by atoms with Crippen LogP contribution in [0.4, 0.5) is 5.69 Å². The molecule has 27 heavy (non-hydrogen) atoms. The van der Waals surface area contributed by atoms with Crippen LogP contribution in [-0.2, 0) is 21.2 Å². The summed E-state index contributed by atoms with van der Waals surface area (Å²) in [5, 5.41) is 0.278. The summed E-state index contributed by atoms with van der Waals surface area (Å²) >= 11 is 1.66. The highest BCUT2D eigenvalue weighted by molar-refractivity contribution is 8.00. The maximum absolute atomic E-state index is 12.6. The number of aryl methyl sites for hydroxylation is 1. The van der Waals surface area contributed by atoms with E-state index in [1.165, 1.54) is 12.5 Å². The highest BCUT2D eigenvalue weighted by atomic mass is 32.2. The lowest BCUT2D eigenvalue weighted by Gasteiger charge is -2.32. The number of nitrogens with zero attached hydrogens (tertiary/aromatic N) is 1. The normalized spacial score (nSPS) is 16.8. The van der Waals surface area contributed by atoms with E-state index in [0.29, 0.717) is 18.8 Å². The molecule has 0 bridgehead atoms. The van der Waals surface area contributed by atoms with E-state index in [-0.39, 0.29) is 16.1 Å². The maximum Gasteiger partial charge on any atom is 0.240 e. The Bertz CT molecular complexity index is 914. The van der Waals surface area contributed by atoms with Crippen LogP contribution >= 0.6 is 11.8 Å². The Morgan fingerprint density at radius 1 is 1.22 bits per heavy atom. The fourth-order valence-electron chi connectivity index (χ4n) is 3.11. The van der Waals surface area contributed by atoms with Crippen LogP contribution in [0, 0.1) is 0 Å². The van der Waals surface area contributed by atoms with Crippen LogP contribution in [-0.4, -0.2) is 32.7 Å². The zero-order chi connectivity index (χ0) is 19.4. The molecule has 0 fully saturated rings. The minimum atomic E-state index is -3.61. The molecule has 0 aromatic heterocycles. The van der Waals surface area contributed by atoms with Gasteiger partial charge in [-0.05, 0) is 36.6 Å². The molecule has 0 unspecified atom stereocenters. The van der Waals surface area contributed by atoms with Gasteiger partial charge in [0.15, 0.2) is 0 Å². The van der Waals surface area contributed by atoms with Crippen molar-refractivity contribution in [2.45, 2.75) is 41.7 Å². The van der Waals surface area contributed by atoms with Crippen LogP contribution in [0.2, 0.25) is 0 Å². The molecular weight excluding hydrogens is 380 g/mol. The zero-order valence-corrected chi connectivity index (χ0v) is 17.1. The van der Waals surface area contributed by atoms with E-state index in [0.717, 1.165) is 17.7 Å². The van der Waals surface area contributed by atoms with Gasteiger partial charge in [0, 0.05) is 30.2 Å². The van der Waals surface area contributed by atoms with Gasteiger partial charge in [-0.25, -0.2) is 13.1 Å². The second-order valence-corrected chi connectivity index (χ2v) is 9.92. The molecule has 7 heteroatoms. The van der Waals surface area contributed by atoms with Gasteiger partial charge < -0.3 is 4.90 Å². The summed E-state index contributed by atoms with van der Waals surface area (Å²) in [6.45, 7) is 4.52. The highest BCUT2D eigenvalue weighted by Gasteiger charge is 2.27. The third-order valence-corrected chi connectivity index (χ3v) is 7.07. The molecule has 0 saturated carbocycles. The van der Waals surface area contributed by atoms with Crippen molar-refractivity contribution in [1.82, 2.24) is 4.72 Å². The standard InChI is InChI=1S/C20H24N2O3S2/c1-15-14-22(16(2)23)19-13-18(10-11-20(19)26-15)27(24,25)21-12-6-9-17-7-4-3-5-8-17/h3-5,7-8,10-11,13,15,21H,6,9,12,14H2,1-2H3/t15-/m0/s1. The van der Waals surface area contributed by atoms with Crippen LogP contribution in [0.25, 0.3) is 0 Å². The summed E-state index contributed by atoms with van der Waals surface area (Å²) in [7, 11) is -3.61. The van der Waals surface area contributed by atoms with Crippen LogP contribution in [0.15, 0.2) is 58.3 Å². The summed E-state index contributed by atoms with van der Waals surface area (Å²) in [5.74, 6) is -0.0752. The monoisotopic (exact) mass is 404 g/mol. The lowest BCUT2D eigenvalue weighted by Crippen LogP contribution is -2.37. The predicted molar refractivity (Wildman–Crippen MR) is 110 cm³/mol. The fourth-order valence-corrected chi connectivity index (χ4v) is 5.30. The Morgan fingerprint density at radius 3 is 2.67 bits per heavy atom. The van der Waals surface area contributed by atoms with Crippen molar-refractivity contribution < 1.29 is 13.2 Å². The van der Waals surface area contributed by atoms with Crippen molar-refractivity contribution in [3.63, 3.8) is 0 Å². The summed E-state index contributed by atoms with van der Waals surface area (Å²) < 4.78 is 28.0. The maximum atomic E-state index is 12.6. The van der Waals surface area contributed by atoms with Crippen LogP contribution in [0.1, 0.15) is 25.8 Å². The summed E-state index contributed by atoms with van der Waals surface area (Å²) in [4.78, 5) is 14.8. The van der Waals surface area contributed by atoms with Crippen molar-refractivity contribution in [2.75, 3.05) is 18.0 Å². The first-order valence-electron chi connectivity index (χ1n) is 8.99. The molecule has 0 saturated heterocycles. The van der Waals surface area contributed by atoms with Gasteiger partial charge in [0.05, 0.1) is 10.6 Å². The van der Waals surface area contributed by atoms with Crippen LogP contribution in [0.5, 0.6) is 0 Å². The van der Waals surface area contributed by atoms with Gasteiger partial charge >= 0.3 is 0 Å². The number of sulfonamides is 1. The molecule has 2 aromatic rings. The number of benzene rings is 2. The van der Waals surface area contributed by atoms with Gasteiger partial charge in [-0.1, -0.05) is 37.3 Å². The van der Waals surface area contributed by atoms with E-state index in [9.17, 15) is 13.2 Å². The Kier molecular flexibility index (Phi) is 6.24. The number of carbonyl (C=O) groups is 1. The minimum absolute atomic E-state index is 0.0752. The number of carbonyl (C=O) groups excluding carboxylic acids is 1. The van der Waals surface area contributed by atoms with Gasteiger partial charge in [0.1, 0.15) is 0 Å². The molecule has 1 amide bonds. The van der Waals surface area contributed by atoms with Gasteiger partial charge in [-0.3, -0.25) is 4.79 Å². The highest BCUT2D eigenvalue weighted by Crippen LogP contribution is 2.39. The molecule has 1 atom stereocenters. The van der Waals surface area contributed by atoms with Crippen molar-refractivity contribution in [3.05, 3.63) is 54.1 Å². The SMILES string of the molecule is CC(=O)N1C[C@H](C)Sc2ccc(S(=O)(=O)NCCCc3ccccc3)cc21. The summed E-state index contributed by atoms with van der Waals surface area (Å²) in [5.41, 5.74) is 1.87. The van der Waals surface area contributed by atoms with Gasteiger partial charge in [0.25, 0.3) is 0 Å². The van der Waals surface area contributed by atoms with Crippen molar-refractivity contribution in [2.24, 2.45) is 0 Å². The topological polar surface area (TPSA) is 66.5 Å². The van der Waals surface area contributed by atoms with Crippen molar-refractivity contribution in [3.8, 4) is 0 Å². The average Bonchev–Trinajstić information content (AvgIpc) is 2.65. The lowest BCUT2D eigenvalue weighted by atomic mass is 10.1. The number of fused-ring (bicyclic) bond motifs is 1. The average molecular weight is 405 g/mol. The Morgan fingerprint density at radius 2 is 1.96 bits per heavy atom. The molecule has 1 N–H and O–H groups in total. The van der Waals surface area contributed by atoms with Crippen molar-refractivity contribution >= 4 is 33.4 Å². The van der Waals surface area contributed by atoms with E-state index in [1.54, 1.807) is 34.9 Å². The molecule has 5 nitrogen and oxygen atoms in total. The second-order valence-electron chi connectivity index (χ2n) is 6.67. The number of thioether (sulfide) groups is 1. The first kappa shape index (κ1) is 19.9. The number of anilines is 1. The van der Waals surface area contributed by atoms with Crippen LogP contribution in [0.3, 0.4) is 0 Å². The van der Waals surface area contributed by atoms with E-state index in [2.05, 4.69) is 11.6 Å². The first-order chi connectivity index (χ1) is 12.9. The van der Waals surface area contributed by atoms with E-state index >= 15 is 0 Å². The molecule has 0 radical (unpaired) electrons. The third-order valence-electron chi connectivity index (χ3n) is 4.46. The second kappa shape index (κ2) is 8.46. The van der Waals surface area contributed by atoms with Crippen molar-refractivity contribution in [1.29, 1.82) is 0 Å². The predicted octanol–water partition coefficient (Wildman–Crippen LogP) is 3.44. The molecule has 3 rings (SSSR count). The number of amides is 1. The fraction of sp³-hybridized carbons (Fsp3) is 0.350. The van der Waals surface area contributed by atoms with Gasteiger partial charge in [-0.15, -0.1) is 11.8 Å².